The van der Waals surface area contributed by atoms with E-state index < -0.39 is 35.7 Å². The first kappa shape index (κ1) is 23.6. The zero-order valence-corrected chi connectivity index (χ0v) is 17.2. The number of benzene rings is 1. The first-order valence-electron chi connectivity index (χ1n) is 9.71. The Morgan fingerprint density at radius 1 is 0.969 bits per heavy atom. The van der Waals surface area contributed by atoms with Crippen molar-refractivity contribution in [1.82, 2.24) is 0 Å². The third-order valence-corrected chi connectivity index (χ3v) is 5.14. The molecule has 2 aliphatic carbocycles. The van der Waals surface area contributed by atoms with E-state index in [1.807, 2.05) is 0 Å². The number of allylic oxidation sites excluding steroid dienone is 2. The number of alkyl halides is 6. The number of hydrogen-bond donors (Lipinski definition) is 2. The van der Waals surface area contributed by atoms with Crippen LogP contribution in [0.2, 0.25) is 0 Å². The van der Waals surface area contributed by atoms with Crippen molar-refractivity contribution in [3.05, 3.63) is 70.7 Å². The fourth-order valence-electron chi connectivity index (χ4n) is 3.44. The highest BCUT2D eigenvalue weighted by molar-refractivity contribution is 5.55. The maximum Gasteiger partial charge on any atom is 0.418 e. The lowest BCUT2D eigenvalue weighted by Gasteiger charge is -2.28. The van der Waals surface area contributed by atoms with Crippen molar-refractivity contribution in [3.63, 3.8) is 0 Å². The molecule has 1 aromatic rings. The Kier molecular flexibility index (Phi) is 6.26. The molecule has 1 aromatic carbocycles. The smallest absolute Gasteiger partial charge is 0.418 e. The second kappa shape index (κ2) is 8.48. The minimum absolute atomic E-state index is 0.0400. The third-order valence-electron chi connectivity index (χ3n) is 5.14. The van der Waals surface area contributed by atoms with Gasteiger partial charge in [0.15, 0.2) is 0 Å². The molecule has 32 heavy (non-hydrogen) atoms. The fourth-order valence-corrected chi connectivity index (χ4v) is 3.44. The van der Waals surface area contributed by atoms with Crippen LogP contribution in [-0.4, -0.2) is 18.4 Å². The molecule has 4 nitrogen and oxygen atoms in total. The second-order valence-corrected chi connectivity index (χ2v) is 7.70. The van der Waals surface area contributed by atoms with E-state index in [9.17, 15) is 26.3 Å². The molecular formula is C22H22F6N2O2. The van der Waals surface area contributed by atoms with E-state index in [1.165, 1.54) is 18.2 Å². The van der Waals surface area contributed by atoms with E-state index in [4.69, 9.17) is 20.9 Å². The lowest BCUT2D eigenvalue weighted by atomic mass is 9.92. The van der Waals surface area contributed by atoms with Gasteiger partial charge in [-0.25, -0.2) is 0 Å². The summed E-state index contributed by atoms with van der Waals surface area (Å²) in [6, 6.07) is 2.06. The van der Waals surface area contributed by atoms with Crippen LogP contribution in [-0.2, 0) is 10.9 Å². The Morgan fingerprint density at radius 2 is 1.66 bits per heavy atom. The monoisotopic (exact) mass is 460 g/mol. The minimum atomic E-state index is -4.61. The van der Waals surface area contributed by atoms with E-state index >= 15 is 0 Å². The number of aryl methyl sites for hydroxylation is 1. The summed E-state index contributed by atoms with van der Waals surface area (Å²) in [6.45, 7) is 3.26. The molecule has 3 unspecified atom stereocenters. The standard InChI is InChI=1S/C22H22F6N2O2/c1-11-7-17(29)15(21(23,24)25)9-19(11)31-13-3-5-14(6-4-13)32-20-10-16(22(26,27)28)18(30)8-12(20)2/h3-5,7-11,14,19H,6,29-30H2,1-2H3. The Morgan fingerprint density at radius 3 is 2.22 bits per heavy atom. The number of hydrogen-bond acceptors (Lipinski definition) is 4. The largest absolute Gasteiger partial charge is 0.486 e. The van der Waals surface area contributed by atoms with Crippen LogP contribution in [0.4, 0.5) is 32.0 Å². The number of rotatable bonds is 4. The van der Waals surface area contributed by atoms with Crippen LogP contribution < -0.4 is 16.2 Å². The highest BCUT2D eigenvalue weighted by Gasteiger charge is 2.39. The first-order valence-corrected chi connectivity index (χ1v) is 9.71. The molecule has 0 bridgehead atoms. The van der Waals surface area contributed by atoms with Gasteiger partial charge in [0.2, 0.25) is 0 Å². The van der Waals surface area contributed by atoms with Gasteiger partial charge < -0.3 is 20.9 Å². The molecule has 10 heteroatoms. The molecule has 0 saturated heterocycles. The molecule has 174 valence electrons. The predicted octanol–water partition coefficient (Wildman–Crippen LogP) is 5.55. The van der Waals surface area contributed by atoms with Crippen LogP contribution >= 0.6 is 0 Å². The molecule has 0 radical (unpaired) electrons. The van der Waals surface area contributed by atoms with E-state index in [1.54, 1.807) is 26.0 Å². The van der Waals surface area contributed by atoms with Crippen LogP contribution in [0.25, 0.3) is 0 Å². The highest BCUT2D eigenvalue weighted by atomic mass is 19.4. The molecular weight excluding hydrogens is 438 g/mol. The molecule has 2 aliphatic rings. The van der Waals surface area contributed by atoms with Gasteiger partial charge in [-0.1, -0.05) is 13.0 Å². The average Bonchev–Trinajstić information content (AvgIpc) is 2.65. The predicted molar refractivity (Wildman–Crippen MR) is 107 cm³/mol. The summed E-state index contributed by atoms with van der Waals surface area (Å²) in [5.41, 5.74) is 8.75. The van der Waals surface area contributed by atoms with Crippen molar-refractivity contribution in [2.45, 2.75) is 44.8 Å². The van der Waals surface area contributed by atoms with Gasteiger partial charge in [-0.15, -0.1) is 0 Å². The lowest BCUT2D eigenvalue weighted by Crippen LogP contribution is -2.29. The summed E-state index contributed by atoms with van der Waals surface area (Å²) in [4.78, 5) is 0. The van der Waals surface area contributed by atoms with Crippen molar-refractivity contribution >= 4 is 5.69 Å². The van der Waals surface area contributed by atoms with Gasteiger partial charge in [0, 0.05) is 23.7 Å². The number of halogens is 6. The van der Waals surface area contributed by atoms with E-state index in [0.29, 0.717) is 11.3 Å². The maximum atomic E-state index is 13.1. The number of ether oxygens (including phenoxy) is 2. The highest BCUT2D eigenvalue weighted by Crippen LogP contribution is 2.38. The summed E-state index contributed by atoms with van der Waals surface area (Å²) >= 11 is 0. The van der Waals surface area contributed by atoms with Crippen LogP contribution in [0.1, 0.15) is 24.5 Å². The fraction of sp³-hybridized carbons (Fsp3) is 0.364. The van der Waals surface area contributed by atoms with Crippen molar-refractivity contribution in [1.29, 1.82) is 0 Å². The topological polar surface area (TPSA) is 70.5 Å². The van der Waals surface area contributed by atoms with Gasteiger partial charge in [-0.3, -0.25) is 0 Å². The van der Waals surface area contributed by atoms with Crippen molar-refractivity contribution in [2.75, 3.05) is 5.73 Å². The van der Waals surface area contributed by atoms with E-state index in [2.05, 4.69) is 0 Å². The van der Waals surface area contributed by atoms with Crippen LogP contribution in [0, 0.1) is 12.8 Å². The SMILES string of the molecule is Cc1cc(N)c(C(F)(F)F)cc1OC1C=CC(OC2C=C(C(F)(F)F)C(N)=CC2C)=CC1. The summed E-state index contributed by atoms with van der Waals surface area (Å²) in [5.74, 6) is -0.0147. The lowest BCUT2D eigenvalue weighted by molar-refractivity contribution is -0.137. The molecule has 4 N–H and O–H groups in total. The number of nitrogen functional groups attached to an aromatic ring is 1. The second-order valence-electron chi connectivity index (χ2n) is 7.70. The minimum Gasteiger partial charge on any atom is -0.486 e. The Labute approximate surface area is 180 Å². The van der Waals surface area contributed by atoms with Crippen LogP contribution in [0.3, 0.4) is 0 Å². The van der Waals surface area contributed by atoms with Gasteiger partial charge >= 0.3 is 12.4 Å². The number of nitrogens with two attached hydrogens (primary N) is 2. The quantitative estimate of drug-likeness (QED) is 0.456. The summed E-state index contributed by atoms with van der Waals surface area (Å²) in [5, 5.41) is 0. The Bertz CT molecular complexity index is 1000. The summed E-state index contributed by atoms with van der Waals surface area (Å²) in [7, 11) is 0. The van der Waals surface area contributed by atoms with Gasteiger partial charge in [-0.2, -0.15) is 26.3 Å². The summed E-state index contributed by atoms with van der Waals surface area (Å²) in [6.07, 6.45) is -3.45. The maximum absolute atomic E-state index is 13.1. The van der Waals surface area contributed by atoms with Gasteiger partial charge in [0.1, 0.15) is 23.7 Å². The van der Waals surface area contributed by atoms with Gasteiger partial charge in [-0.05, 0) is 48.9 Å². The zero-order chi connectivity index (χ0) is 23.8. The summed E-state index contributed by atoms with van der Waals surface area (Å²) < 4.78 is 90.1. The van der Waals surface area contributed by atoms with Gasteiger partial charge in [0.05, 0.1) is 11.1 Å². The zero-order valence-electron chi connectivity index (χ0n) is 17.2. The molecule has 0 heterocycles. The van der Waals surface area contributed by atoms with E-state index in [-0.39, 0.29) is 29.5 Å². The molecule has 0 saturated carbocycles. The van der Waals surface area contributed by atoms with Crippen LogP contribution in [0.5, 0.6) is 5.75 Å². The van der Waals surface area contributed by atoms with Gasteiger partial charge in [0.25, 0.3) is 0 Å². The molecule has 3 rings (SSSR count). The molecule has 0 aromatic heterocycles. The van der Waals surface area contributed by atoms with E-state index in [0.717, 1.165) is 12.1 Å². The molecule has 0 spiro atoms. The van der Waals surface area contributed by atoms with Crippen molar-refractivity contribution in [3.8, 4) is 5.75 Å². The molecule has 0 fully saturated rings. The number of anilines is 1. The first-order chi connectivity index (χ1) is 14.8. The van der Waals surface area contributed by atoms with Crippen LogP contribution in [0.15, 0.2) is 59.5 Å². The van der Waals surface area contributed by atoms with Crippen molar-refractivity contribution in [2.24, 2.45) is 11.7 Å². The molecule has 0 amide bonds. The Balaban J connectivity index is 1.69. The average molecular weight is 460 g/mol. The molecule has 0 aliphatic heterocycles. The molecule has 3 atom stereocenters. The third kappa shape index (κ3) is 5.23. The van der Waals surface area contributed by atoms with Crippen molar-refractivity contribution < 1.29 is 35.8 Å². The normalized spacial score (nSPS) is 23.9. The Hall–Kier alpha value is -3.04.